The van der Waals surface area contributed by atoms with E-state index in [4.69, 9.17) is 28.5 Å². The van der Waals surface area contributed by atoms with Crippen LogP contribution in [0.5, 0.6) is 0 Å². The number of aliphatic hydroxyl groups excluding tert-OH is 6. The van der Waals surface area contributed by atoms with E-state index in [9.17, 15) is 30.6 Å². The van der Waals surface area contributed by atoms with Gasteiger partial charge in [0.1, 0.15) is 5.84 Å². The third kappa shape index (κ3) is 13.4. The van der Waals surface area contributed by atoms with E-state index in [1.54, 1.807) is 4.90 Å². The quantitative estimate of drug-likeness (QED) is 0.0426. The number of nitrogens with two attached hydrogens (primary N) is 2. The Labute approximate surface area is 256 Å². The minimum Gasteiger partial charge on any atom is -0.394 e. The summed E-state index contributed by atoms with van der Waals surface area (Å²) < 4.78 is 0. The number of aromatic nitrogens is 2. The fourth-order valence-electron chi connectivity index (χ4n) is 4.24. The van der Waals surface area contributed by atoms with E-state index in [-0.39, 0.29) is 54.6 Å². The molecule has 16 heteroatoms. The van der Waals surface area contributed by atoms with Crippen molar-refractivity contribution in [1.29, 1.82) is 5.41 Å². The van der Waals surface area contributed by atoms with Crippen molar-refractivity contribution in [1.82, 2.24) is 20.2 Å². The normalized spacial score (nSPS) is 13.5. The number of aryl methyl sites for hydroxylation is 1. The van der Waals surface area contributed by atoms with E-state index in [2.05, 4.69) is 20.6 Å². The standard InChI is InChI=1S/C27H46ClN9O6/c28-24-25(30)35-26(31)27(34-24)33-11-23(29)32-8-2-1-3-18-4-6-19(7-5-18)37(14-22(43)17-40)10-9-36(12-20(41)15-38)13-21(42)16-39/h4-7,20-22,38-43H,1-3,8-17H2,(H2,29,32)(H,33,34)(H4,30,31,35)/t20-,21-,22-/m0/s1. The second-order valence-corrected chi connectivity index (χ2v) is 10.6. The highest BCUT2D eigenvalue weighted by Crippen LogP contribution is 2.21. The number of nitrogen functional groups attached to an aromatic ring is 2. The molecular formula is C27H46ClN9O6. The lowest BCUT2D eigenvalue weighted by atomic mass is 10.1. The monoisotopic (exact) mass is 627 g/mol. The lowest BCUT2D eigenvalue weighted by Gasteiger charge is -2.32. The summed E-state index contributed by atoms with van der Waals surface area (Å²) in [4.78, 5) is 11.5. The van der Waals surface area contributed by atoms with Crippen molar-refractivity contribution in [3.05, 3.63) is 35.0 Å². The number of unbranched alkanes of at least 4 members (excludes halogenated alkanes) is 1. The number of amidine groups is 1. The maximum Gasteiger partial charge on any atom is 0.173 e. The minimum atomic E-state index is -0.998. The molecule has 0 bridgehead atoms. The molecule has 0 aliphatic heterocycles. The first-order chi connectivity index (χ1) is 20.6. The molecule has 0 spiro atoms. The zero-order chi connectivity index (χ0) is 31.8. The van der Waals surface area contributed by atoms with Gasteiger partial charge in [0.2, 0.25) is 0 Å². The Morgan fingerprint density at radius 1 is 0.860 bits per heavy atom. The average Bonchev–Trinajstić information content (AvgIpc) is 2.99. The van der Waals surface area contributed by atoms with Crippen LogP contribution in [0.2, 0.25) is 5.15 Å². The van der Waals surface area contributed by atoms with Crippen molar-refractivity contribution in [3.8, 4) is 0 Å². The molecule has 0 amide bonds. The molecule has 1 aromatic heterocycles. The summed E-state index contributed by atoms with van der Waals surface area (Å²) in [5.41, 5.74) is 13.3. The second kappa shape index (κ2) is 19.3. The molecule has 0 aliphatic carbocycles. The molecule has 1 heterocycles. The van der Waals surface area contributed by atoms with E-state index in [0.29, 0.717) is 19.6 Å². The van der Waals surface area contributed by atoms with Gasteiger partial charge in [0.15, 0.2) is 22.6 Å². The van der Waals surface area contributed by atoms with Crippen LogP contribution < -0.4 is 27.0 Å². The van der Waals surface area contributed by atoms with Crippen molar-refractivity contribution in [2.24, 2.45) is 0 Å². The molecule has 242 valence electrons. The van der Waals surface area contributed by atoms with E-state index in [0.717, 1.165) is 30.5 Å². The summed E-state index contributed by atoms with van der Waals surface area (Å²) in [6.45, 7) is 0.691. The highest BCUT2D eigenvalue weighted by Gasteiger charge is 2.18. The van der Waals surface area contributed by atoms with Crippen molar-refractivity contribution in [2.45, 2.75) is 37.6 Å². The average molecular weight is 628 g/mol. The summed E-state index contributed by atoms with van der Waals surface area (Å²) in [6.07, 6.45) is -0.403. The smallest absolute Gasteiger partial charge is 0.173 e. The summed E-state index contributed by atoms with van der Waals surface area (Å²) in [5.74, 6) is 0.669. The summed E-state index contributed by atoms with van der Waals surface area (Å²) in [5, 5.41) is 71.8. The van der Waals surface area contributed by atoms with Gasteiger partial charge in [-0.05, 0) is 37.0 Å². The molecule has 43 heavy (non-hydrogen) atoms. The molecule has 2 rings (SSSR count). The molecule has 0 unspecified atom stereocenters. The SMILES string of the molecule is N=C(CNc1nc(Cl)c(N)nc1N)NCCCCc1ccc(N(CCN(C[C@H](O)CO)C[C@H](O)CO)C[C@H](O)CO)cc1. The van der Waals surface area contributed by atoms with Crippen LogP contribution in [0, 0.1) is 5.41 Å². The predicted octanol–water partition coefficient (Wildman–Crippen LogP) is -1.54. The second-order valence-electron chi connectivity index (χ2n) is 10.2. The van der Waals surface area contributed by atoms with Crippen LogP contribution in [0.15, 0.2) is 24.3 Å². The first-order valence-corrected chi connectivity index (χ1v) is 14.5. The van der Waals surface area contributed by atoms with Crippen molar-refractivity contribution in [3.63, 3.8) is 0 Å². The van der Waals surface area contributed by atoms with Crippen LogP contribution in [-0.4, -0.2) is 135 Å². The number of anilines is 4. The van der Waals surface area contributed by atoms with Crippen LogP contribution in [0.25, 0.3) is 0 Å². The lowest BCUT2D eigenvalue weighted by molar-refractivity contribution is 0.0240. The largest absolute Gasteiger partial charge is 0.394 e. The molecule has 0 fully saturated rings. The Kier molecular flexibility index (Phi) is 16.2. The zero-order valence-corrected chi connectivity index (χ0v) is 25.0. The van der Waals surface area contributed by atoms with Crippen LogP contribution in [0.3, 0.4) is 0 Å². The molecule has 1 aromatic carbocycles. The molecule has 0 aliphatic rings. The number of nitrogens with zero attached hydrogens (tertiary/aromatic N) is 4. The number of benzene rings is 1. The van der Waals surface area contributed by atoms with E-state index >= 15 is 0 Å². The molecule has 2 aromatic rings. The zero-order valence-electron chi connectivity index (χ0n) is 24.2. The topological polar surface area (TPSA) is 254 Å². The number of aliphatic hydroxyl groups is 6. The van der Waals surface area contributed by atoms with Gasteiger partial charge in [-0.15, -0.1) is 0 Å². The van der Waals surface area contributed by atoms with Crippen LogP contribution >= 0.6 is 11.6 Å². The number of nitrogens with one attached hydrogen (secondary N) is 3. The van der Waals surface area contributed by atoms with Gasteiger partial charge in [0.25, 0.3) is 0 Å². The third-order valence-electron chi connectivity index (χ3n) is 6.56. The highest BCUT2D eigenvalue weighted by molar-refractivity contribution is 6.31. The molecule has 15 nitrogen and oxygen atoms in total. The van der Waals surface area contributed by atoms with Gasteiger partial charge in [-0.2, -0.15) is 0 Å². The molecular weight excluding hydrogens is 582 g/mol. The van der Waals surface area contributed by atoms with Crippen LogP contribution in [0.4, 0.5) is 23.1 Å². The van der Waals surface area contributed by atoms with Gasteiger partial charge in [-0.25, -0.2) is 9.97 Å². The number of halogens is 1. The van der Waals surface area contributed by atoms with Crippen LogP contribution in [-0.2, 0) is 6.42 Å². The van der Waals surface area contributed by atoms with Crippen molar-refractivity contribution < 1.29 is 30.6 Å². The first kappa shape index (κ1) is 36.2. The molecule has 0 saturated heterocycles. The Hall–Kier alpha value is -3.02. The Morgan fingerprint density at radius 2 is 1.47 bits per heavy atom. The Morgan fingerprint density at radius 3 is 2.07 bits per heavy atom. The summed E-state index contributed by atoms with van der Waals surface area (Å²) >= 11 is 5.87. The Bertz CT molecular complexity index is 1090. The summed E-state index contributed by atoms with van der Waals surface area (Å²) in [6, 6.07) is 7.87. The van der Waals surface area contributed by atoms with Gasteiger partial charge < -0.3 is 57.6 Å². The predicted molar refractivity (Wildman–Crippen MR) is 167 cm³/mol. The fourth-order valence-corrected chi connectivity index (χ4v) is 4.37. The number of rotatable bonds is 21. The molecule has 0 radical (unpaired) electrons. The molecule has 3 atom stereocenters. The van der Waals surface area contributed by atoms with Crippen molar-refractivity contribution in [2.75, 3.05) is 87.3 Å². The number of hydrogen-bond acceptors (Lipinski definition) is 14. The van der Waals surface area contributed by atoms with Gasteiger partial charge in [0, 0.05) is 45.0 Å². The van der Waals surface area contributed by atoms with Gasteiger partial charge in [-0.3, -0.25) is 10.3 Å². The Balaban J connectivity index is 1.83. The van der Waals surface area contributed by atoms with Crippen molar-refractivity contribution >= 4 is 40.6 Å². The minimum absolute atomic E-state index is 0.0382. The maximum atomic E-state index is 10.1. The van der Waals surface area contributed by atoms with Gasteiger partial charge in [0.05, 0.1) is 44.7 Å². The fraction of sp³-hybridized carbons (Fsp3) is 0.593. The number of hydrogen-bond donors (Lipinski definition) is 11. The first-order valence-electron chi connectivity index (χ1n) is 14.1. The van der Waals surface area contributed by atoms with E-state index < -0.39 is 38.1 Å². The highest BCUT2D eigenvalue weighted by atomic mass is 35.5. The van der Waals surface area contributed by atoms with E-state index in [1.165, 1.54) is 0 Å². The lowest BCUT2D eigenvalue weighted by Crippen LogP contribution is -2.45. The molecule has 13 N–H and O–H groups in total. The summed E-state index contributed by atoms with van der Waals surface area (Å²) in [7, 11) is 0. The third-order valence-corrected chi connectivity index (χ3v) is 6.84. The van der Waals surface area contributed by atoms with Crippen LogP contribution in [0.1, 0.15) is 18.4 Å². The maximum absolute atomic E-state index is 10.1. The van der Waals surface area contributed by atoms with E-state index in [1.807, 2.05) is 29.2 Å². The van der Waals surface area contributed by atoms with Gasteiger partial charge in [-0.1, -0.05) is 23.7 Å². The molecule has 0 saturated carbocycles. The van der Waals surface area contributed by atoms with Gasteiger partial charge >= 0.3 is 0 Å².